The van der Waals surface area contributed by atoms with Gasteiger partial charge in [-0.25, -0.2) is 8.78 Å². The molecule has 0 spiro atoms. The Morgan fingerprint density at radius 2 is 1.51 bits per heavy atom. The van der Waals surface area contributed by atoms with Gasteiger partial charge in [-0.3, -0.25) is 14.7 Å². The highest BCUT2D eigenvalue weighted by molar-refractivity contribution is 6.01. The number of aromatic nitrogens is 1. The third kappa shape index (κ3) is 8.37. The summed E-state index contributed by atoms with van der Waals surface area (Å²) in [7, 11) is 3.40. The van der Waals surface area contributed by atoms with Crippen molar-refractivity contribution >= 4 is 22.4 Å². The van der Waals surface area contributed by atoms with Crippen molar-refractivity contribution in [2.45, 2.75) is 52.5 Å². The van der Waals surface area contributed by atoms with Crippen LogP contribution in [-0.2, 0) is 17.8 Å². The third-order valence-corrected chi connectivity index (χ3v) is 9.32. The minimum Gasteiger partial charge on any atom is -0.496 e. The van der Waals surface area contributed by atoms with E-state index in [0.29, 0.717) is 17.5 Å². The van der Waals surface area contributed by atoms with E-state index in [1.54, 1.807) is 26.6 Å². The van der Waals surface area contributed by atoms with Crippen molar-refractivity contribution in [3.63, 3.8) is 0 Å². The van der Waals surface area contributed by atoms with Crippen LogP contribution in [0.4, 0.5) is 8.78 Å². The molecule has 0 atom stereocenters. The fourth-order valence-corrected chi connectivity index (χ4v) is 6.92. The van der Waals surface area contributed by atoms with Gasteiger partial charge in [0.1, 0.15) is 23.1 Å². The Labute approximate surface area is 298 Å². The number of likely N-dealkylation sites (tertiary alicyclic amines) is 1. The summed E-state index contributed by atoms with van der Waals surface area (Å²) >= 11 is 0. The molecule has 51 heavy (non-hydrogen) atoms. The van der Waals surface area contributed by atoms with Gasteiger partial charge in [-0.15, -0.1) is 0 Å². The summed E-state index contributed by atoms with van der Waals surface area (Å²) < 4.78 is 39.7. The van der Waals surface area contributed by atoms with Crippen molar-refractivity contribution in [3.05, 3.63) is 119 Å². The average molecular weight is 694 g/mol. The Balaban J connectivity index is 0.000000226. The number of carboxylic acids is 1. The van der Waals surface area contributed by atoms with Crippen LogP contribution >= 0.6 is 0 Å². The van der Waals surface area contributed by atoms with Crippen molar-refractivity contribution < 1.29 is 28.2 Å². The molecule has 0 aliphatic carbocycles. The number of rotatable bonds is 10. The van der Waals surface area contributed by atoms with Crippen molar-refractivity contribution in [1.29, 1.82) is 0 Å². The monoisotopic (exact) mass is 693 g/mol. The number of halogens is 2. The van der Waals surface area contributed by atoms with Gasteiger partial charge < -0.3 is 20.3 Å². The van der Waals surface area contributed by atoms with E-state index in [0.717, 1.165) is 69.7 Å². The normalized spacial score (nSPS) is 13.0. The van der Waals surface area contributed by atoms with Crippen LogP contribution in [0.25, 0.3) is 38.7 Å². The SMILES string of the molecule is C=C(N)c1c(F)ccc(-c2c(C)cncc2C)c1F.COc1cc(CN2CCCCC2)cc(OC)c1-c1cccc2c(CCC(=O)O)cccc12. The number of ether oxygens (including phenoxy) is 2. The van der Waals surface area contributed by atoms with E-state index in [4.69, 9.17) is 20.3 Å². The quantitative estimate of drug-likeness (QED) is 0.151. The molecule has 0 saturated carbocycles. The van der Waals surface area contributed by atoms with Crippen LogP contribution in [-0.4, -0.2) is 48.3 Å². The number of carboxylic acid groups (broad SMARTS) is 1. The highest BCUT2D eigenvalue weighted by Gasteiger charge is 2.20. The summed E-state index contributed by atoms with van der Waals surface area (Å²) in [6, 6.07) is 19.1. The highest BCUT2D eigenvalue weighted by atomic mass is 19.1. The molecular weight excluding hydrogens is 648 g/mol. The van der Waals surface area contributed by atoms with Gasteiger partial charge in [0.2, 0.25) is 0 Å². The minimum atomic E-state index is -0.786. The first-order chi connectivity index (χ1) is 24.5. The number of nitrogens with zero attached hydrogens (tertiary/aromatic N) is 2. The van der Waals surface area contributed by atoms with Crippen LogP contribution in [0, 0.1) is 25.5 Å². The zero-order valence-corrected chi connectivity index (χ0v) is 29.7. The molecule has 0 bridgehead atoms. The summed E-state index contributed by atoms with van der Waals surface area (Å²) in [5.41, 5.74) is 11.9. The van der Waals surface area contributed by atoms with E-state index in [9.17, 15) is 13.6 Å². The molecule has 9 heteroatoms. The van der Waals surface area contributed by atoms with Crippen LogP contribution in [0.3, 0.4) is 0 Å². The topological polar surface area (TPSA) is 97.9 Å². The number of aryl methyl sites for hydroxylation is 3. The van der Waals surface area contributed by atoms with Gasteiger partial charge in [-0.05, 0) is 115 Å². The fourth-order valence-electron chi connectivity index (χ4n) is 6.92. The van der Waals surface area contributed by atoms with Crippen LogP contribution < -0.4 is 15.2 Å². The largest absolute Gasteiger partial charge is 0.496 e. The van der Waals surface area contributed by atoms with Gasteiger partial charge >= 0.3 is 5.97 Å². The summed E-state index contributed by atoms with van der Waals surface area (Å²) in [5.74, 6) is -0.603. The predicted octanol–water partition coefficient (Wildman–Crippen LogP) is 9.10. The van der Waals surface area contributed by atoms with Crippen molar-refractivity contribution in [2.24, 2.45) is 5.73 Å². The number of methoxy groups -OCH3 is 2. The molecule has 0 amide bonds. The van der Waals surface area contributed by atoms with Gasteiger partial charge in [-0.1, -0.05) is 49.4 Å². The van der Waals surface area contributed by atoms with Gasteiger partial charge in [-0.2, -0.15) is 0 Å². The number of pyridine rings is 1. The Bertz CT molecular complexity index is 2010. The lowest BCUT2D eigenvalue weighted by Gasteiger charge is -2.27. The molecule has 5 aromatic rings. The zero-order valence-electron chi connectivity index (χ0n) is 29.7. The van der Waals surface area contributed by atoms with Crippen LogP contribution in [0.5, 0.6) is 11.5 Å². The lowest BCUT2D eigenvalue weighted by Crippen LogP contribution is -2.29. The van der Waals surface area contributed by atoms with Crippen molar-refractivity contribution in [2.75, 3.05) is 27.3 Å². The number of fused-ring (bicyclic) bond motifs is 1. The van der Waals surface area contributed by atoms with Crippen molar-refractivity contribution in [1.82, 2.24) is 9.88 Å². The first-order valence-electron chi connectivity index (χ1n) is 17.1. The smallest absolute Gasteiger partial charge is 0.303 e. The second-order valence-corrected chi connectivity index (χ2v) is 12.9. The molecular formula is C42H45F2N3O4. The standard InChI is InChI=1S/C27H31NO4.C15H14F2N2/c1-31-24-16-19(18-28-14-4-3-5-15-28)17-25(32-2)27(24)23-11-7-9-21-20(12-13-26(29)30)8-6-10-22(21)23;1-8-6-19-7-9(2)13(8)11-4-5-12(16)14(10(3)18)15(11)17/h6-11,16-17H,3-5,12-15,18H2,1-2H3,(H,29,30);4-7H,3,18H2,1-2H3. The van der Waals surface area contributed by atoms with Gasteiger partial charge in [0, 0.05) is 36.6 Å². The summed E-state index contributed by atoms with van der Waals surface area (Å²) in [6.45, 7) is 10.2. The molecule has 2 heterocycles. The number of aliphatic carboxylic acids is 1. The maximum atomic E-state index is 14.4. The van der Waals surface area contributed by atoms with Crippen LogP contribution in [0.1, 0.15) is 53.5 Å². The van der Waals surface area contributed by atoms with Crippen molar-refractivity contribution in [3.8, 4) is 33.8 Å². The Morgan fingerprint density at radius 3 is 2.12 bits per heavy atom. The Morgan fingerprint density at radius 1 is 0.882 bits per heavy atom. The van der Waals surface area contributed by atoms with Crippen LogP contribution in [0.2, 0.25) is 0 Å². The highest BCUT2D eigenvalue weighted by Crippen LogP contribution is 2.43. The number of hydrogen-bond donors (Lipinski definition) is 2. The fraction of sp³-hybridized carbons (Fsp3) is 0.286. The lowest BCUT2D eigenvalue weighted by molar-refractivity contribution is -0.136. The van der Waals surface area contributed by atoms with E-state index in [1.165, 1.54) is 37.0 Å². The number of carbonyl (C=O) groups is 1. The van der Waals surface area contributed by atoms with Gasteiger partial charge in [0.15, 0.2) is 0 Å². The predicted molar refractivity (Wildman–Crippen MR) is 200 cm³/mol. The second-order valence-electron chi connectivity index (χ2n) is 12.9. The van der Waals surface area contributed by atoms with Crippen LogP contribution in [0.15, 0.2) is 79.6 Å². The zero-order chi connectivity index (χ0) is 36.7. The average Bonchev–Trinajstić information content (AvgIpc) is 3.11. The first kappa shape index (κ1) is 37.0. The molecule has 0 unspecified atom stereocenters. The first-order valence-corrected chi connectivity index (χ1v) is 17.1. The molecule has 0 radical (unpaired) electrons. The van der Waals surface area contributed by atoms with E-state index in [-0.39, 0.29) is 17.7 Å². The molecule has 1 aliphatic heterocycles. The number of benzene rings is 4. The minimum absolute atomic E-state index is 0.112. The maximum absolute atomic E-state index is 14.4. The number of piperidine rings is 1. The third-order valence-electron chi connectivity index (χ3n) is 9.32. The molecule has 4 aromatic carbocycles. The maximum Gasteiger partial charge on any atom is 0.303 e. The second kappa shape index (κ2) is 16.6. The summed E-state index contributed by atoms with van der Waals surface area (Å²) in [6.07, 6.45) is 7.72. The molecule has 3 N–H and O–H groups in total. The van der Waals surface area contributed by atoms with E-state index < -0.39 is 17.6 Å². The summed E-state index contributed by atoms with van der Waals surface area (Å²) in [4.78, 5) is 17.6. The molecule has 1 aliphatic rings. The Kier molecular flexibility index (Phi) is 12.1. The molecule has 1 saturated heterocycles. The lowest BCUT2D eigenvalue weighted by atomic mass is 9.92. The van der Waals surface area contributed by atoms with E-state index >= 15 is 0 Å². The molecule has 7 nitrogen and oxygen atoms in total. The molecule has 6 rings (SSSR count). The number of nitrogens with two attached hydrogens (primary N) is 1. The summed E-state index contributed by atoms with van der Waals surface area (Å²) in [5, 5.41) is 11.3. The van der Waals surface area contributed by atoms with E-state index in [1.807, 2.05) is 32.0 Å². The molecule has 266 valence electrons. The van der Waals surface area contributed by atoms with Gasteiger partial charge in [0.25, 0.3) is 0 Å². The molecule has 1 aromatic heterocycles. The van der Waals surface area contributed by atoms with Gasteiger partial charge in [0.05, 0.1) is 25.3 Å². The number of hydrogen-bond acceptors (Lipinski definition) is 6. The Hall–Kier alpha value is -5.28. The molecule has 1 fully saturated rings. The van der Waals surface area contributed by atoms with E-state index in [2.05, 4.69) is 46.8 Å².